The average molecular weight is 220 g/mol. The summed E-state index contributed by atoms with van der Waals surface area (Å²) in [6, 6.07) is 17.5. The molecule has 17 heavy (non-hydrogen) atoms. The molecule has 2 nitrogen and oxygen atoms in total. The molecule has 0 saturated heterocycles. The summed E-state index contributed by atoms with van der Waals surface area (Å²) in [5.74, 6) is 0. The van der Waals surface area contributed by atoms with E-state index in [4.69, 9.17) is 5.26 Å². The van der Waals surface area contributed by atoms with Gasteiger partial charge in [0.15, 0.2) is 0 Å². The van der Waals surface area contributed by atoms with Gasteiger partial charge in [0, 0.05) is 6.21 Å². The molecule has 0 bridgehead atoms. The summed E-state index contributed by atoms with van der Waals surface area (Å²) in [5.41, 5.74) is 3.81. The molecular weight excluding hydrogens is 208 g/mol. The molecule has 0 spiro atoms. The Bertz CT molecular complexity index is 557. The summed E-state index contributed by atoms with van der Waals surface area (Å²) < 4.78 is 0. The van der Waals surface area contributed by atoms with Crippen LogP contribution in [-0.2, 0) is 0 Å². The largest absolute Gasteiger partial charge is 0.256 e. The lowest BCUT2D eigenvalue weighted by Gasteiger charge is -1.95. The van der Waals surface area contributed by atoms with Crippen LogP contribution < -0.4 is 0 Å². The Balaban J connectivity index is 2.14. The van der Waals surface area contributed by atoms with Gasteiger partial charge in [-0.3, -0.25) is 4.99 Å². The highest BCUT2D eigenvalue weighted by Crippen LogP contribution is 2.12. The summed E-state index contributed by atoms with van der Waals surface area (Å²) in [5, 5.41) is 8.68. The first-order valence-corrected chi connectivity index (χ1v) is 5.39. The molecule has 0 heterocycles. The maximum absolute atomic E-state index is 8.68. The van der Waals surface area contributed by atoms with Gasteiger partial charge in [0.2, 0.25) is 0 Å². The Morgan fingerprint density at radius 3 is 2.24 bits per heavy atom. The van der Waals surface area contributed by atoms with Crippen molar-refractivity contribution in [3.63, 3.8) is 0 Å². The predicted molar refractivity (Wildman–Crippen MR) is 69.6 cm³/mol. The van der Waals surface area contributed by atoms with Crippen LogP contribution in [0.2, 0.25) is 0 Å². The Labute approximate surface area is 101 Å². The number of aliphatic imine (C=N–C) groups is 1. The first kappa shape index (κ1) is 11.1. The van der Waals surface area contributed by atoms with Gasteiger partial charge in [-0.2, -0.15) is 5.26 Å². The first-order valence-electron chi connectivity index (χ1n) is 5.39. The highest BCUT2D eigenvalue weighted by atomic mass is 14.7. The minimum absolute atomic E-state index is 0.664. The van der Waals surface area contributed by atoms with E-state index in [2.05, 4.69) is 11.1 Å². The summed E-state index contributed by atoms with van der Waals surface area (Å²) in [6.45, 7) is 2.05. The molecule has 0 amide bonds. The zero-order valence-electron chi connectivity index (χ0n) is 9.59. The van der Waals surface area contributed by atoms with E-state index in [0.717, 1.165) is 11.3 Å². The van der Waals surface area contributed by atoms with Crippen molar-refractivity contribution in [3.8, 4) is 6.07 Å². The Kier molecular flexibility index (Phi) is 3.32. The van der Waals surface area contributed by atoms with Crippen LogP contribution in [0.3, 0.4) is 0 Å². The van der Waals surface area contributed by atoms with Crippen molar-refractivity contribution in [3.05, 3.63) is 65.2 Å². The van der Waals surface area contributed by atoms with Gasteiger partial charge in [0.25, 0.3) is 0 Å². The minimum Gasteiger partial charge on any atom is -0.256 e. The molecule has 0 radical (unpaired) electrons. The number of hydrogen-bond acceptors (Lipinski definition) is 2. The Morgan fingerprint density at radius 1 is 1.00 bits per heavy atom. The van der Waals surface area contributed by atoms with Gasteiger partial charge in [-0.25, -0.2) is 0 Å². The number of aryl methyl sites for hydroxylation is 1. The van der Waals surface area contributed by atoms with E-state index >= 15 is 0 Å². The highest BCUT2D eigenvalue weighted by molar-refractivity contribution is 5.82. The molecule has 0 aliphatic carbocycles. The zero-order chi connectivity index (χ0) is 12.1. The molecular formula is C15H12N2. The van der Waals surface area contributed by atoms with E-state index in [1.54, 1.807) is 18.3 Å². The second-order valence-corrected chi connectivity index (χ2v) is 3.83. The Morgan fingerprint density at radius 2 is 1.65 bits per heavy atom. The van der Waals surface area contributed by atoms with E-state index in [9.17, 15) is 0 Å². The number of benzene rings is 2. The maximum Gasteiger partial charge on any atom is 0.0991 e. The van der Waals surface area contributed by atoms with Crippen LogP contribution in [-0.4, -0.2) is 6.21 Å². The monoisotopic (exact) mass is 220 g/mol. The zero-order valence-corrected chi connectivity index (χ0v) is 9.59. The molecule has 82 valence electrons. The summed E-state index contributed by atoms with van der Waals surface area (Å²) in [7, 11) is 0. The van der Waals surface area contributed by atoms with Crippen LogP contribution in [0.4, 0.5) is 5.69 Å². The quantitative estimate of drug-likeness (QED) is 0.712. The molecule has 0 saturated carbocycles. The standard InChI is InChI=1S/C15H12N2/c1-12-2-8-15(9-3-12)17-11-14-6-4-13(10-16)5-7-14/h2-9,11H,1H3. The SMILES string of the molecule is Cc1ccc(N=Cc2ccc(C#N)cc2)cc1. The van der Waals surface area contributed by atoms with Gasteiger partial charge < -0.3 is 0 Å². The lowest BCUT2D eigenvalue weighted by atomic mass is 10.2. The van der Waals surface area contributed by atoms with Crippen molar-refractivity contribution in [1.82, 2.24) is 0 Å². The van der Waals surface area contributed by atoms with Gasteiger partial charge in [0.05, 0.1) is 17.3 Å². The van der Waals surface area contributed by atoms with Crippen LogP contribution in [0.25, 0.3) is 0 Å². The third kappa shape index (κ3) is 3.02. The van der Waals surface area contributed by atoms with Crippen molar-refractivity contribution in [1.29, 1.82) is 5.26 Å². The van der Waals surface area contributed by atoms with E-state index in [-0.39, 0.29) is 0 Å². The molecule has 2 aromatic rings. The van der Waals surface area contributed by atoms with E-state index < -0.39 is 0 Å². The molecule has 0 N–H and O–H groups in total. The minimum atomic E-state index is 0.664. The van der Waals surface area contributed by atoms with Gasteiger partial charge in [-0.15, -0.1) is 0 Å². The van der Waals surface area contributed by atoms with Gasteiger partial charge in [0.1, 0.15) is 0 Å². The van der Waals surface area contributed by atoms with Gasteiger partial charge in [-0.1, -0.05) is 29.8 Å². The van der Waals surface area contributed by atoms with Crippen molar-refractivity contribution >= 4 is 11.9 Å². The molecule has 2 heteroatoms. The molecule has 0 aliphatic rings. The van der Waals surface area contributed by atoms with Crippen LogP contribution in [0.5, 0.6) is 0 Å². The summed E-state index contributed by atoms with van der Waals surface area (Å²) >= 11 is 0. The number of nitriles is 1. The van der Waals surface area contributed by atoms with E-state index in [1.165, 1.54) is 5.56 Å². The fraction of sp³-hybridized carbons (Fsp3) is 0.0667. The van der Waals surface area contributed by atoms with Crippen molar-refractivity contribution in [2.45, 2.75) is 6.92 Å². The van der Waals surface area contributed by atoms with Crippen LogP contribution in [0.1, 0.15) is 16.7 Å². The van der Waals surface area contributed by atoms with Crippen molar-refractivity contribution < 1.29 is 0 Å². The fourth-order valence-corrected chi connectivity index (χ4v) is 1.42. The smallest absolute Gasteiger partial charge is 0.0991 e. The lowest BCUT2D eigenvalue weighted by Crippen LogP contribution is -1.81. The second-order valence-electron chi connectivity index (χ2n) is 3.83. The topological polar surface area (TPSA) is 36.1 Å². The van der Waals surface area contributed by atoms with Crippen molar-refractivity contribution in [2.75, 3.05) is 0 Å². The number of hydrogen-bond donors (Lipinski definition) is 0. The summed E-state index contributed by atoms with van der Waals surface area (Å²) in [4.78, 5) is 4.37. The van der Waals surface area contributed by atoms with Crippen LogP contribution in [0, 0.1) is 18.3 Å². The third-order valence-corrected chi connectivity index (χ3v) is 2.44. The van der Waals surface area contributed by atoms with Crippen LogP contribution >= 0.6 is 0 Å². The molecule has 0 aliphatic heterocycles. The number of rotatable bonds is 2. The van der Waals surface area contributed by atoms with Crippen molar-refractivity contribution in [2.24, 2.45) is 4.99 Å². The van der Waals surface area contributed by atoms with Gasteiger partial charge >= 0.3 is 0 Å². The molecule has 0 unspecified atom stereocenters. The second kappa shape index (κ2) is 5.09. The highest BCUT2D eigenvalue weighted by Gasteiger charge is 1.91. The maximum atomic E-state index is 8.68. The van der Waals surface area contributed by atoms with Crippen LogP contribution in [0.15, 0.2) is 53.5 Å². The third-order valence-electron chi connectivity index (χ3n) is 2.44. The average Bonchev–Trinajstić information content (AvgIpc) is 2.39. The summed E-state index contributed by atoms with van der Waals surface area (Å²) in [6.07, 6.45) is 1.80. The van der Waals surface area contributed by atoms with Gasteiger partial charge in [-0.05, 0) is 36.8 Å². The molecule has 0 fully saturated rings. The first-order chi connectivity index (χ1) is 8.28. The van der Waals surface area contributed by atoms with E-state index in [1.807, 2.05) is 43.3 Å². The predicted octanol–water partition coefficient (Wildman–Crippen LogP) is 3.62. The lowest BCUT2D eigenvalue weighted by molar-refractivity contribution is 1.44. The normalized spacial score (nSPS) is 10.4. The molecule has 0 atom stereocenters. The Hall–Kier alpha value is -2.40. The fourth-order valence-electron chi connectivity index (χ4n) is 1.42. The van der Waals surface area contributed by atoms with E-state index in [0.29, 0.717) is 5.56 Å². The molecule has 2 aromatic carbocycles. The number of nitrogens with zero attached hydrogens (tertiary/aromatic N) is 2. The molecule has 0 aromatic heterocycles. The molecule has 2 rings (SSSR count).